The minimum absolute atomic E-state index is 0.0205. The maximum absolute atomic E-state index is 11.8. The highest BCUT2D eigenvalue weighted by atomic mass is 31.2. The van der Waals surface area contributed by atoms with Crippen molar-refractivity contribution in [2.45, 2.75) is 31.5 Å². The molecule has 28 heavy (non-hydrogen) atoms. The van der Waals surface area contributed by atoms with Crippen molar-refractivity contribution < 1.29 is 32.9 Å². The van der Waals surface area contributed by atoms with Gasteiger partial charge in [0.15, 0.2) is 17.8 Å². The first-order valence-corrected chi connectivity index (χ1v) is 9.70. The van der Waals surface area contributed by atoms with Crippen molar-refractivity contribution in [1.29, 1.82) is 0 Å². The van der Waals surface area contributed by atoms with Crippen LogP contribution in [0.2, 0.25) is 0 Å². The van der Waals surface area contributed by atoms with Crippen LogP contribution in [0, 0.1) is 0 Å². The third kappa shape index (κ3) is 3.38. The summed E-state index contributed by atoms with van der Waals surface area (Å²) in [5.41, 5.74) is -1.34. The summed E-state index contributed by atoms with van der Waals surface area (Å²) in [5.74, 6) is -0.568. The Morgan fingerprint density at radius 1 is 1.50 bits per heavy atom. The topological polar surface area (TPSA) is 167 Å². The molecule has 4 rings (SSSR count). The van der Waals surface area contributed by atoms with Gasteiger partial charge < -0.3 is 14.6 Å². The van der Waals surface area contributed by atoms with Crippen molar-refractivity contribution in [1.82, 2.24) is 19.5 Å². The highest BCUT2D eigenvalue weighted by Gasteiger charge is 2.58. The minimum Gasteiger partial charge on any atom is -0.434 e. The number of rotatable bonds is 4. The molecule has 2 saturated heterocycles. The Hall–Kier alpha value is -2.09. The molecule has 2 radical (unpaired) electrons. The number of aliphatic hydroxyl groups excluding tert-OH is 1. The van der Waals surface area contributed by atoms with Gasteiger partial charge in [-0.25, -0.2) is 9.78 Å². The Bertz CT molecular complexity index is 1020. The Morgan fingerprint density at radius 3 is 3.04 bits per heavy atom. The van der Waals surface area contributed by atoms with Crippen LogP contribution in [0.25, 0.3) is 11.2 Å². The molecule has 2 unspecified atom stereocenters. The maximum atomic E-state index is 11.8. The van der Waals surface area contributed by atoms with Gasteiger partial charge in [0.05, 0.1) is 6.33 Å². The average Bonchev–Trinajstić information content (AvgIpc) is 3.16. The fraction of sp³-hybridized carbons (Fsp3) is 0.538. The second-order valence-electron chi connectivity index (χ2n) is 6.10. The van der Waals surface area contributed by atoms with Crippen molar-refractivity contribution in [2.75, 3.05) is 13.4 Å². The number of esters is 1. The number of aromatic amines is 2. The molecule has 0 aromatic carbocycles. The normalized spacial score (nSPS) is 32.4. The number of fused-ring (bicyclic) bond motifs is 2. The molecule has 0 amide bonds. The molecule has 4 heterocycles. The fourth-order valence-corrected chi connectivity index (χ4v) is 4.34. The lowest BCUT2D eigenvalue weighted by molar-refractivity contribution is -0.149. The second-order valence-corrected chi connectivity index (χ2v) is 7.91. The molecular formula is C13H15BN4O9P+. The van der Waals surface area contributed by atoms with E-state index >= 15 is 0 Å². The van der Waals surface area contributed by atoms with Gasteiger partial charge in [0, 0.05) is 6.92 Å². The summed E-state index contributed by atoms with van der Waals surface area (Å²) in [6.45, 7) is 0.688. The van der Waals surface area contributed by atoms with Crippen LogP contribution in [0.15, 0.2) is 15.9 Å². The molecule has 0 aliphatic carbocycles. The zero-order valence-electron chi connectivity index (χ0n) is 14.4. The molecule has 2 aromatic heterocycles. The standard InChI is InChI=1S/C13H15BN4O9P/c1-5(19)23-4-25-28(14)24-2-6-9(27-28)8(20)12(26-6)18-3-15-7-10(18)16-13(22)17-11(7)21/h3,6,8-9,12,20H,2,4H2,1H3,(H2,16,17,21,22)/q+1/t6-,8?,9-,12-,28?/m1/s1. The van der Waals surface area contributed by atoms with Crippen LogP contribution < -0.4 is 11.2 Å². The fourth-order valence-electron chi connectivity index (χ4n) is 2.99. The quantitative estimate of drug-likeness (QED) is 0.232. The average molecular weight is 413 g/mol. The summed E-state index contributed by atoms with van der Waals surface area (Å²) in [4.78, 5) is 42.7. The summed E-state index contributed by atoms with van der Waals surface area (Å²) in [5, 5.41) is 10.7. The predicted octanol–water partition coefficient (Wildman–Crippen LogP) is -1.53. The van der Waals surface area contributed by atoms with E-state index in [-0.39, 0.29) is 17.8 Å². The van der Waals surface area contributed by atoms with Crippen LogP contribution in [0.3, 0.4) is 0 Å². The van der Waals surface area contributed by atoms with E-state index in [1.165, 1.54) is 17.8 Å². The molecule has 0 bridgehead atoms. The third-order valence-corrected chi connectivity index (χ3v) is 5.75. The van der Waals surface area contributed by atoms with Gasteiger partial charge in [0.2, 0.25) is 6.79 Å². The van der Waals surface area contributed by atoms with Gasteiger partial charge in [-0.2, -0.15) is 13.6 Å². The first kappa shape index (κ1) is 19.2. The molecule has 2 aliphatic rings. The predicted molar refractivity (Wildman–Crippen MR) is 92.1 cm³/mol. The minimum atomic E-state index is -3.35. The van der Waals surface area contributed by atoms with E-state index in [1.807, 2.05) is 0 Å². The summed E-state index contributed by atoms with van der Waals surface area (Å²) >= 11 is 0. The molecule has 148 valence electrons. The van der Waals surface area contributed by atoms with Crippen molar-refractivity contribution in [3.8, 4) is 0 Å². The van der Waals surface area contributed by atoms with E-state index in [9.17, 15) is 19.5 Å². The lowest BCUT2D eigenvalue weighted by Crippen LogP contribution is -2.41. The molecule has 0 spiro atoms. The first-order chi connectivity index (χ1) is 13.3. The summed E-state index contributed by atoms with van der Waals surface area (Å²) in [6, 6.07) is 0. The highest BCUT2D eigenvalue weighted by molar-refractivity contribution is 7.85. The van der Waals surface area contributed by atoms with Gasteiger partial charge in [-0.3, -0.25) is 24.1 Å². The lowest BCUT2D eigenvalue weighted by atomic mass is 10.1. The van der Waals surface area contributed by atoms with E-state index in [1.54, 1.807) is 0 Å². The second kappa shape index (κ2) is 7.06. The number of carbonyl (C=O) groups is 1. The van der Waals surface area contributed by atoms with Crippen LogP contribution in [0.5, 0.6) is 0 Å². The number of carbonyl (C=O) groups excluding carboxylic acids is 1. The Kier molecular flexibility index (Phi) is 4.85. The van der Waals surface area contributed by atoms with Gasteiger partial charge in [-0.05, 0) is 0 Å². The molecule has 2 aromatic rings. The van der Waals surface area contributed by atoms with E-state index in [0.29, 0.717) is 0 Å². The largest absolute Gasteiger partial charge is 0.488 e. The molecule has 3 N–H and O–H groups in total. The lowest BCUT2D eigenvalue weighted by Gasteiger charge is -2.30. The van der Waals surface area contributed by atoms with E-state index in [0.717, 1.165) is 0 Å². The summed E-state index contributed by atoms with van der Waals surface area (Å²) in [6.07, 6.45) is -2.62. The number of hydrogen-bond donors (Lipinski definition) is 3. The number of H-pyrrole nitrogens is 2. The number of imidazole rings is 1. The number of hydrogen-bond acceptors (Lipinski definition) is 10. The Labute approximate surface area is 157 Å². The highest BCUT2D eigenvalue weighted by Crippen LogP contribution is 2.62. The van der Waals surface area contributed by atoms with Crippen molar-refractivity contribution in [2.24, 2.45) is 0 Å². The first-order valence-electron chi connectivity index (χ1n) is 8.08. The van der Waals surface area contributed by atoms with Gasteiger partial charge in [0.1, 0.15) is 24.5 Å². The van der Waals surface area contributed by atoms with Crippen LogP contribution in [0.4, 0.5) is 0 Å². The number of aromatic nitrogens is 4. The number of nitrogens with one attached hydrogen (secondary N) is 2. The van der Waals surface area contributed by atoms with Crippen LogP contribution in [0.1, 0.15) is 13.2 Å². The van der Waals surface area contributed by atoms with Crippen molar-refractivity contribution in [3.05, 3.63) is 27.2 Å². The maximum Gasteiger partial charge on any atom is 0.488 e. The zero-order chi connectivity index (χ0) is 20.1. The van der Waals surface area contributed by atoms with E-state index in [4.69, 9.17) is 25.9 Å². The van der Waals surface area contributed by atoms with Crippen LogP contribution >= 0.6 is 7.82 Å². The SMILES string of the molecule is [B][P+]1(OCOC(C)=O)OC[C@H]2O[C@@H](n3cnc4c(=O)[nH]c(=O)[nH]c43)C(O)[C@@H]2O1. The number of nitrogens with zero attached hydrogens (tertiary/aromatic N) is 2. The van der Waals surface area contributed by atoms with E-state index in [2.05, 4.69) is 19.7 Å². The summed E-state index contributed by atoms with van der Waals surface area (Å²) < 4.78 is 27.9. The monoisotopic (exact) mass is 413 g/mol. The molecule has 2 aliphatic heterocycles. The van der Waals surface area contributed by atoms with Crippen LogP contribution in [-0.4, -0.2) is 69.9 Å². The smallest absolute Gasteiger partial charge is 0.434 e. The molecule has 13 nitrogen and oxygen atoms in total. The number of aliphatic hydroxyl groups is 1. The van der Waals surface area contributed by atoms with Crippen molar-refractivity contribution >= 4 is 32.5 Å². The van der Waals surface area contributed by atoms with Gasteiger partial charge >= 0.3 is 27.0 Å². The zero-order valence-corrected chi connectivity index (χ0v) is 15.3. The molecular weight excluding hydrogens is 398 g/mol. The summed E-state index contributed by atoms with van der Waals surface area (Å²) in [7, 11) is 2.58. The number of ether oxygens (including phenoxy) is 2. The van der Waals surface area contributed by atoms with E-state index < -0.39 is 56.4 Å². The third-order valence-electron chi connectivity index (χ3n) is 4.23. The molecule has 15 heteroatoms. The molecule has 5 atom stereocenters. The van der Waals surface area contributed by atoms with Gasteiger partial charge in [-0.15, -0.1) is 0 Å². The molecule has 0 saturated carbocycles. The van der Waals surface area contributed by atoms with Gasteiger partial charge in [-0.1, -0.05) is 0 Å². The van der Waals surface area contributed by atoms with Gasteiger partial charge in [0.25, 0.3) is 5.56 Å². The molecule has 2 fully saturated rings. The van der Waals surface area contributed by atoms with Crippen molar-refractivity contribution in [3.63, 3.8) is 0 Å². The Balaban J connectivity index is 1.55. The Morgan fingerprint density at radius 2 is 2.29 bits per heavy atom. The van der Waals surface area contributed by atoms with Crippen LogP contribution in [-0.2, 0) is 27.8 Å².